The fourth-order valence-corrected chi connectivity index (χ4v) is 3.47. The summed E-state index contributed by atoms with van der Waals surface area (Å²) < 4.78 is 1.68. The first kappa shape index (κ1) is 15.3. The largest absolute Gasteiger partial charge is 0.355 e. The molecule has 2 fully saturated rings. The number of aromatic nitrogens is 4. The Bertz CT molecular complexity index is 775. The smallest absolute Gasteiger partial charge is 0.266 e. The summed E-state index contributed by atoms with van der Waals surface area (Å²) in [6.45, 7) is 4.65. The molecule has 0 spiro atoms. The van der Waals surface area contributed by atoms with Gasteiger partial charge in [0.15, 0.2) is 0 Å². The first-order valence-electron chi connectivity index (χ1n) is 8.81. The molecule has 1 aliphatic heterocycles. The van der Waals surface area contributed by atoms with E-state index >= 15 is 0 Å². The summed E-state index contributed by atoms with van der Waals surface area (Å²) in [6, 6.07) is 3.58. The van der Waals surface area contributed by atoms with Gasteiger partial charge in [-0.2, -0.15) is 5.10 Å². The average molecular weight is 325 g/mol. The summed E-state index contributed by atoms with van der Waals surface area (Å²) in [5.41, 5.74) is 2.08. The van der Waals surface area contributed by atoms with Gasteiger partial charge in [-0.1, -0.05) is 0 Å². The Labute approximate surface area is 141 Å². The number of anilines is 1. The molecule has 1 aliphatic carbocycles. The van der Waals surface area contributed by atoms with Crippen LogP contribution in [0.15, 0.2) is 29.3 Å². The Morgan fingerprint density at radius 3 is 2.54 bits per heavy atom. The predicted molar refractivity (Wildman–Crippen MR) is 92.2 cm³/mol. The van der Waals surface area contributed by atoms with Crippen molar-refractivity contribution in [3.8, 4) is 0 Å². The lowest BCUT2D eigenvalue weighted by Gasteiger charge is -2.33. The van der Waals surface area contributed by atoms with Crippen LogP contribution in [0.25, 0.3) is 0 Å². The molecule has 0 unspecified atom stereocenters. The highest BCUT2D eigenvalue weighted by molar-refractivity contribution is 5.42. The molecule has 24 heavy (non-hydrogen) atoms. The van der Waals surface area contributed by atoms with Crippen LogP contribution in [0.3, 0.4) is 0 Å². The minimum absolute atomic E-state index is 0.0200. The van der Waals surface area contributed by atoms with Crippen molar-refractivity contribution in [2.24, 2.45) is 5.92 Å². The maximum absolute atomic E-state index is 12.1. The molecular formula is C18H23N5O. The summed E-state index contributed by atoms with van der Waals surface area (Å²) in [4.78, 5) is 23.2. The van der Waals surface area contributed by atoms with Crippen molar-refractivity contribution >= 4 is 5.82 Å². The molecule has 1 saturated heterocycles. The Morgan fingerprint density at radius 1 is 1.08 bits per heavy atom. The molecule has 0 amide bonds. The van der Waals surface area contributed by atoms with Crippen molar-refractivity contribution in [1.29, 1.82) is 0 Å². The van der Waals surface area contributed by atoms with Crippen molar-refractivity contribution in [2.75, 3.05) is 18.0 Å². The standard InChI is InChI=1S/C18H23N5O/c1-13-18(20-9-8-19-13)22-10-6-14(7-11-22)12-23-17(24)5-4-16(21-23)15-2-3-15/h4-5,8-9,14-15H,2-3,6-7,10-12H2,1H3. The molecule has 0 N–H and O–H groups in total. The molecule has 2 aliphatic rings. The van der Waals surface area contributed by atoms with Gasteiger partial charge in [-0.3, -0.25) is 9.78 Å². The lowest BCUT2D eigenvalue weighted by molar-refractivity contribution is 0.332. The SMILES string of the molecule is Cc1nccnc1N1CCC(Cn2nc(C3CC3)ccc2=O)CC1. The van der Waals surface area contributed by atoms with E-state index in [1.807, 2.05) is 13.0 Å². The van der Waals surface area contributed by atoms with Gasteiger partial charge in [0, 0.05) is 44.0 Å². The number of nitrogens with zero attached hydrogens (tertiary/aromatic N) is 5. The van der Waals surface area contributed by atoms with Crippen molar-refractivity contribution in [3.63, 3.8) is 0 Å². The van der Waals surface area contributed by atoms with Crippen LogP contribution >= 0.6 is 0 Å². The van der Waals surface area contributed by atoms with Crippen molar-refractivity contribution < 1.29 is 0 Å². The minimum atomic E-state index is 0.0200. The van der Waals surface area contributed by atoms with Crippen molar-refractivity contribution in [3.05, 3.63) is 46.3 Å². The zero-order valence-corrected chi connectivity index (χ0v) is 14.1. The van der Waals surface area contributed by atoms with Crippen molar-refractivity contribution in [1.82, 2.24) is 19.7 Å². The molecule has 0 atom stereocenters. The second-order valence-corrected chi connectivity index (χ2v) is 6.95. The molecule has 4 rings (SSSR count). The molecule has 0 aromatic carbocycles. The quantitative estimate of drug-likeness (QED) is 0.862. The lowest BCUT2D eigenvalue weighted by atomic mass is 9.96. The van der Waals surface area contributed by atoms with E-state index in [4.69, 9.17) is 0 Å². The first-order valence-corrected chi connectivity index (χ1v) is 8.81. The average Bonchev–Trinajstić information content (AvgIpc) is 3.43. The third-order valence-electron chi connectivity index (χ3n) is 5.08. The first-order chi connectivity index (χ1) is 11.7. The molecular weight excluding hydrogens is 302 g/mol. The van der Waals surface area contributed by atoms with Gasteiger partial charge in [0.2, 0.25) is 0 Å². The van der Waals surface area contributed by atoms with Crippen LogP contribution in [0.5, 0.6) is 0 Å². The number of rotatable bonds is 4. The van der Waals surface area contributed by atoms with Crippen molar-refractivity contribution in [2.45, 2.75) is 45.1 Å². The molecule has 6 nitrogen and oxygen atoms in total. The predicted octanol–water partition coefficient (Wildman–Crippen LogP) is 2.14. The highest BCUT2D eigenvalue weighted by Gasteiger charge is 2.26. The van der Waals surface area contributed by atoms with E-state index in [0.717, 1.165) is 49.7 Å². The van der Waals surface area contributed by atoms with E-state index in [9.17, 15) is 4.79 Å². The number of hydrogen-bond acceptors (Lipinski definition) is 5. The zero-order valence-electron chi connectivity index (χ0n) is 14.1. The monoisotopic (exact) mass is 325 g/mol. The highest BCUT2D eigenvalue weighted by atomic mass is 16.1. The summed E-state index contributed by atoms with van der Waals surface area (Å²) >= 11 is 0. The topological polar surface area (TPSA) is 63.9 Å². The lowest BCUT2D eigenvalue weighted by Crippen LogP contribution is -2.37. The molecule has 1 saturated carbocycles. The molecule has 2 aromatic heterocycles. The van der Waals surface area contributed by atoms with Gasteiger partial charge < -0.3 is 4.90 Å². The van der Waals surface area contributed by atoms with Crippen LogP contribution in [-0.4, -0.2) is 32.8 Å². The fraction of sp³-hybridized carbons (Fsp3) is 0.556. The summed E-state index contributed by atoms with van der Waals surface area (Å²) in [7, 11) is 0. The molecule has 0 bridgehead atoms. The van der Waals surface area contributed by atoms with Crippen LogP contribution in [0, 0.1) is 12.8 Å². The van der Waals surface area contributed by atoms with E-state index in [2.05, 4.69) is 20.0 Å². The Morgan fingerprint density at radius 2 is 1.83 bits per heavy atom. The third-order valence-corrected chi connectivity index (χ3v) is 5.08. The molecule has 3 heterocycles. The van der Waals surface area contributed by atoms with Crippen LogP contribution < -0.4 is 10.5 Å². The zero-order chi connectivity index (χ0) is 16.5. The highest BCUT2D eigenvalue weighted by Crippen LogP contribution is 2.38. The van der Waals surface area contributed by atoms with E-state index < -0.39 is 0 Å². The van der Waals surface area contributed by atoms with Crippen LogP contribution in [0.2, 0.25) is 0 Å². The van der Waals surface area contributed by atoms with Gasteiger partial charge in [-0.15, -0.1) is 0 Å². The van der Waals surface area contributed by atoms with Gasteiger partial charge >= 0.3 is 0 Å². The fourth-order valence-electron chi connectivity index (χ4n) is 3.47. The Hall–Kier alpha value is -2.24. The summed E-state index contributed by atoms with van der Waals surface area (Å²) in [5, 5.41) is 4.59. The Balaban J connectivity index is 1.41. The number of hydrogen-bond donors (Lipinski definition) is 0. The molecule has 126 valence electrons. The van der Waals surface area contributed by atoms with Gasteiger partial charge in [-0.25, -0.2) is 9.67 Å². The van der Waals surface area contributed by atoms with E-state index in [1.165, 1.54) is 12.8 Å². The second kappa shape index (κ2) is 6.34. The van der Waals surface area contributed by atoms with E-state index in [-0.39, 0.29) is 5.56 Å². The minimum Gasteiger partial charge on any atom is -0.355 e. The van der Waals surface area contributed by atoms with Gasteiger partial charge in [0.05, 0.1) is 11.4 Å². The summed E-state index contributed by atoms with van der Waals surface area (Å²) in [5.74, 6) is 2.07. The van der Waals surface area contributed by atoms with Crippen LogP contribution in [0.4, 0.5) is 5.82 Å². The number of piperidine rings is 1. The summed E-state index contributed by atoms with van der Waals surface area (Å²) in [6.07, 6.45) is 8.01. The van der Waals surface area contributed by atoms with Gasteiger partial charge in [-0.05, 0) is 44.6 Å². The normalized spacial score (nSPS) is 18.8. The maximum atomic E-state index is 12.1. The molecule has 0 radical (unpaired) electrons. The van der Waals surface area contributed by atoms with Gasteiger partial charge in [0.1, 0.15) is 5.82 Å². The Kier molecular flexibility index (Phi) is 4.04. The number of aryl methyl sites for hydroxylation is 1. The second-order valence-electron chi connectivity index (χ2n) is 6.95. The maximum Gasteiger partial charge on any atom is 0.266 e. The van der Waals surface area contributed by atoms with E-state index in [0.29, 0.717) is 11.8 Å². The van der Waals surface area contributed by atoms with Crippen LogP contribution in [0.1, 0.15) is 43.0 Å². The molecule has 6 heteroatoms. The third kappa shape index (κ3) is 3.18. The van der Waals surface area contributed by atoms with Crippen LogP contribution in [-0.2, 0) is 6.54 Å². The molecule has 2 aromatic rings. The van der Waals surface area contributed by atoms with Gasteiger partial charge in [0.25, 0.3) is 5.56 Å². The van der Waals surface area contributed by atoms with E-state index in [1.54, 1.807) is 23.1 Å².